The maximum Gasteiger partial charge on any atom is 0.0652 e. The summed E-state index contributed by atoms with van der Waals surface area (Å²) in [5, 5.41) is 0. The average Bonchev–Trinajstić information content (AvgIpc) is 1.53. The van der Waals surface area contributed by atoms with Crippen LogP contribution in [0.3, 0.4) is 0 Å². The first-order valence-electron chi connectivity index (χ1n) is 4.47. The molecule has 1 fully saturated rings. The van der Waals surface area contributed by atoms with E-state index in [4.69, 9.17) is 4.74 Å². The summed E-state index contributed by atoms with van der Waals surface area (Å²) in [6, 6.07) is 0. The lowest BCUT2D eigenvalue weighted by Crippen LogP contribution is -2.47. The highest BCUT2D eigenvalue weighted by atomic mass is 16.5. The van der Waals surface area contributed by atoms with E-state index in [-0.39, 0.29) is 0 Å². The smallest absolute Gasteiger partial charge is 0.0652 e. The topological polar surface area (TPSA) is 9.23 Å². The molecule has 66 valence electrons. The minimum absolute atomic E-state index is 0.311. The molecule has 1 heteroatoms. The van der Waals surface area contributed by atoms with Crippen LogP contribution < -0.4 is 0 Å². The highest BCUT2D eigenvalue weighted by molar-refractivity contribution is 4.92. The van der Waals surface area contributed by atoms with Crippen molar-refractivity contribution in [1.29, 1.82) is 0 Å². The maximum atomic E-state index is 5.52. The highest BCUT2D eigenvalue weighted by Crippen LogP contribution is 2.45. The number of hydrogen-bond acceptors (Lipinski definition) is 1. The van der Waals surface area contributed by atoms with Crippen LogP contribution in [0.4, 0.5) is 0 Å². The van der Waals surface area contributed by atoms with Gasteiger partial charge in [-0.05, 0) is 17.3 Å². The van der Waals surface area contributed by atoms with E-state index in [1.54, 1.807) is 0 Å². The zero-order valence-electron chi connectivity index (χ0n) is 8.40. The lowest BCUT2D eigenvalue weighted by molar-refractivity contribution is -0.149. The van der Waals surface area contributed by atoms with Gasteiger partial charge in [-0.2, -0.15) is 0 Å². The first-order valence-corrected chi connectivity index (χ1v) is 4.47. The Hall–Kier alpha value is -0.0400. The maximum absolute atomic E-state index is 5.52. The first kappa shape index (κ1) is 9.05. The van der Waals surface area contributed by atoms with Crippen molar-refractivity contribution in [2.45, 2.75) is 47.1 Å². The summed E-state index contributed by atoms with van der Waals surface area (Å²) in [6.07, 6.45) is 1.73. The molecule has 0 saturated carbocycles. The number of ether oxygens (including phenoxy) is 1. The monoisotopic (exact) mass is 156 g/mol. The van der Waals surface area contributed by atoms with Crippen molar-refractivity contribution in [3.05, 3.63) is 0 Å². The van der Waals surface area contributed by atoms with Crippen molar-refractivity contribution < 1.29 is 4.74 Å². The van der Waals surface area contributed by atoms with Gasteiger partial charge in [0.1, 0.15) is 0 Å². The second-order valence-electron chi connectivity index (χ2n) is 5.12. The van der Waals surface area contributed by atoms with Gasteiger partial charge in [0.05, 0.1) is 6.10 Å². The van der Waals surface area contributed by atoms with E-state index < -0.39 is 0 Å². The molecule has 0 amide bonds. The molecule has 1 heterocycles. The van der Waals surface area contributed by atoms with Crippen molar-refractivity contribution >= 4 is 0 Å². The normalized spacial score (nSPS) is 26.5. The third-order valence-corrected chi connectivity index (χ3v) is 3.44. The summed E-state index contributed by atoms with van der Waals surface area (Å²) >= 11 is 0. The zero-order chi connectivity index (χ0) is 8.70. The van der Waals surface area contributed by atoms with Crippen LogP contribution in [0.5, 0.6) is 0 Å². The number of rotatable bonds is 1. The van der Waals surface area contributed by atoms with Crippen molar-refractivity contribution in [3.63, 3.8) is 0 Å². The van der Waals surface area contributed by atoms with Crippen LogP contribution in [0.15, 0.2) is 0 Å². The minimum Gasteiger partial charge on any atom is -0.377 e. The molecule has 1 atom stereocenters. The fourth-order valence-electron chi connectivity index (χ4n) is 1.29. The first-order chi connectivity index (χ1) is 4.86. The van der Waals surface area contributed by atoms with Gasteiger partial charge < -0.3 is 4.74 Å². The summed E-state index contributed by atoms with van der Waals surface area (Å²) in [7, 11) is 0. The van der Waals surface area contributed by atoms with Crippen LogP contribution in [-0.4, -0.2) is 12.7 Å². The summed E-state index contributed by atoms with van der Waals surface area (Å²) in [6.45, 7) is 12.4. The van der Waals surface area contributed by atoms with E-state index in [0.717, 1.165) is 6.61 Å². The summed E-state index contributed by atoms with van der Waals surface area (Å²) in [5.74, 6) is 0. The molecule has 1 saturated heterocycles. The van der Waals surface area contributed by atoms with Crippen LogP contribution in [0, 0.1) is 10.8 Å². The fraction of sp³-hybridized carbons (Fsp3) is 1.00. The van der Waals surface area contributed by atoms with Crippen molar-refractivity contribution in [2.24, 2.45) is 10.8 Å². The molecule has 1 nitrogen and oxygen atoms in total. The Kier molecular flexibility index (Phi) is 2.04. The van der Waals surface area contributed by atoms with E-state index in [1.807, 2.05) is 0 Å². The highest BCUT2D eigenvalue weighted by Gasteiger charge is 2.43. The molecule has 0 radical (unpaired) electrons. The Labute approximate surface area is 70.1 Å². The Morgan fingerprint density at radius 3 is 1.64 bits per heavy atom. The number of hydrogen-bond donors (Lipinski definition) is 0. The SMILES string of the molecule is CC(C)(C)C(C)(C)C1CCO1. The van der Waals surface area contributed by atoms with Crippen LogP contribution in [0.25, 0.3) is 0 Å². The second-order valence-corrected chi connectivity index (χ2v) is 5.12. The van der Waals surface area contributed by atoms with Gasteiger partial charge in [0.2, 0.25) is 0 Å². The van der Waals surface area contributed by atoms with Gasteiger partial charge >= 0.3 is 0 Å². The summed E-state index contributed by atoms with van der Waals surface area (Å²) in [4.78, 5) is 0. The van der Waals surface area contributed by atoms with Crippen molar-refractivity contribution in [3.8, 4) is 0 Å². The summed E-state index contributed by atoms with van der Waals surface area (Å²) in [5.41, 5.74) is 0.656. The Bertz CT molecular complexity index is 137. The molecular weight excluding hydrogens is 136 g/mol. The third-order valence-electron chi connectivity index (χ3n) is 3.44. The molecule has 1 rings (SSSR count). The lowest BCUT2D eigenvalue weighted by Gasteiger charge is -2.48. The molecule has 1 aliphatic heterocycles. The molecule has 0 aromatic carbocycles. The largest absolute Gasteiger partial charge is 0.377 e. The standard InChI is InChI=1S/C10H20O/c1-9(2,3)10(4,5)8-6-7-11-8/h8H,6-7H2,1-5H3. The molecule has 0 aliphatic carbocycles. The Morgan fingerprint density at radius 2 is 1.55 bits per heavy atom. The third kappa shape index (κ3) is 1.44. The van der Waals surface area contributed by atoms with Gasteiger partial charge in [0, 0.05) is 6.61 Å². The quantitative estimate of drug-likeness (QED) is 0.567. The van der Waals surface area contributed by atoms with Crippen LogP contribution in [-0.2, 0) is 4.74 Å². The fourth-order valence-corrected chi connectivity index (χ4v) is 1.29. The molecule has 1 aliphatic rings. The molecule has 0 aromatic rings. The molecule has 0 spiro atoms. The van der Waals surface area contributed by atoms with Gasteiger partial charge in [-0.1, -0.05) is 34.6 Å². The van der Waals surface area contributed by atoms with Crippen LogP contribution in [0.2, 0.25) is 0 Å². The van der Waals surface area contributed by atoms with E-state index in [2.05, 4.69) is 34.6 Å². The van der Waals surface area contributed by atoms with Crippen LogP contribution >= 0.6 is 0 Å². The van der Waals surface area contributed by atoms with Crippen LogP contribution in [0.1, 0.15) is 41.0 Å². The molecule has 11 heavy (non-hydrogen) atoms. The molecule has 1 unspecified atom stereocenters. The lowest BCUT2D eigenvalue weighted by atomic mass is 9.64. The Morgan fingerprint density at radius 1 is 1.09 bits per heavy atom. The second kappa shape index (κ2) is 2.48. The predicted molar refractivity (Wildman–Crippen MR) is 47.6 cm³/mol. The van der Waals surface area contributed by atoms with Gasteiger partial charge in [-0.3, -0.25) is 0 Å². The van der Waals surface area contributed by atoms with E-state index in [0.29, 0.717) is 16.9 Å². The average molecular weight is 156 g/mol. The van der Waals surface area contributed by atoms with E-state index in [9.17, 15) is 0 Å². The van der Waals surface area contributed by atoms with E-state index in [1.165, 1.54) is 6.42 Å². The minimum atomic E-state index is 0.311. The van der Waals surface area contributed by atoms with Crippen molar-refractivity contribution in [2.75, 3.05) is 6.61 Å². The van der Waals surface area contributed by atoms with E-state index >= 15 is 0 Å². The molecular formula is C10H20O. The zero-order valence-corrected chi connectivity index (χ0v) is 8.40. The van der Waals surface area contributed by atoms with Gasteiger partial charge in [-0.25, -0.2) is 0 Å². The van der Waals surface area contributed by atoms with Gasteiger partial charge in [0.25, 0.3) is 0 Å². The Balaban J connectivity index is 2.64. The predicted octanol–water partition coefficient (Wildman–Crippen LogP) is 2.85. The molecule has 0 aromatic heterocycles. The van der Waals surface area contributed by atoms with Gasteiger partial charge in [-0.15, -0.1) is 0 Å². The molecule has 0 N–H and O–H groups in total. The van der Waals surface area contributed by atoms with Gasteiger partial charge in [0.15, 0.2) is 0 Å². The molecule has 0 bridgehead atoms. The van der Waals surface area contributed by atoms with Crippen molar-refractivity contribution in [1.82, 2.24) is 0 Å². The summed E-state index contributed by atoms with van der Waals surface area (Å²) < 4.78 is 5.52.